The van der Waals surface area contributed by atoms with Crippen LogP contribution in [0.25, 0.3) is 6.08 Å². The summed E-state index contributed by atoms with van der Waals surface area (Å²) < 4.78 is 11.1. The fraction of sp³-hybridized carbons (Fsp3) is 0.500. The minimum Gasteiger partial charge on any atom is -0.490 e. The second kappa shape index (κ2) is 11.2. The van der Waals surface area contributed by atoms with Crippen LogP contribution in [0, 0.1) is 6.92 Å². The summed E-state index contributed by atoms with van der Waals surface area (Å²) in [6, 6.07) is 15.1. The van der Waals surface area contributed by atoms with Gasteiger partial charge in [-0.3, -0.25) is 4.79 Å². The predicted molar refractivity (Wildman–Crippen MR) is 138 cm³/mol. The molecule has 1 saturated heterocycles. The number of carbonyl (C=O) groups excluding carboxylic acids is 1. The Morgan fingerprint density at radius 3 is 2.18 bits per heavy atom. The average Bonchev–Trinajstić information content (AvgIpc) is 3.29. The summed E-state index contributed by atoms with van der Waals surface area (Å²) >= 11 is 0. The molecule has 2 aromatic rings. The highest BCUT2D eigenvalue weighted by Crippen LogP contribution is 2.40. The van der Waals surface area contributed by atoms with E-state index in [0.29, 0.717) is 25.9 Å². The molecule has 1 aliphatic rings. The maximum atomic E-state index is 11.3. The third-order valence-electron chi connectivity index (χ3n) is 7.64. The van der Waals surface area contributed by atoms with Gasteiger partial charge >= 0.3 is 5.97 Å². The lowest BCUT2D eigenvalue weighted by molar-refractivity contribution is -0.142. The number of hydrogen-bond acceptors (Lipinski definition) is 4. The molecule has 0 saturated carbocycles. The molecule has 3 rings (SSSR count). The molecule has 1 fully saturated rings. The molecule has 34 heavy (non-hydrogen) atoms. The summed E-state index contributed by atoms with van der Waals surface area (Å²) in [7, 11) is 0. The van der Waals surface area contributed by atoms with Crippen molar-refractivity contribution in [1.29, 1.82) is 0 Å². The second-order valence-corrected chi connectivity index (χ2v) is 9.49. The van der Waals surface area contributed by atoms with E-state index in [1.54, 1.807) is 0 Å². The van der Waals surface area contributed by atoms with Crippen molar-refractivity contribution in [3.8, 4) is 5.75 Å². The normalized spacial score (nSPS) is 16.8. The maximum absolute atomic E-state index is 11.3. The van der Waals surface area contributed by atoms with Gasteiger partial charge in [0.2, 0.25) is 0 Å². The minimum atomic E-state index is -0.745. The molecule has 4 nitrogen and oxygen atoms in total. The van der Waals surface area contributed by atoms with Gasteiger partial charge in [-0.2, -0.15) is 0 Å². The number of aryl methyl sites for hydroxylation is 1. The summed E-state index contributed by atoms with van der Waals surface area (Å²) in [5, 5.41) is 10.6. The van der Waals surface area contributed by atoms with E-state index < -0.39 is 5.60 Å². The Kier molecular flexibility index (Phi) is 8.59. The Morgan fingerprint density at radius 1 is 1.00 bits per heavy atom. The second-order valence-electron chi connectivity index (χ2n) is 9.49. The van der Waals surface area contributed by atoms with Gasteiger partial charge in [0.1, 0.15) is 18.5 Å². The molecule has 2 aromatic carbocycles. The fourth-order valence-corrected chi connectivity index (χ4v) is 4.88. The number of cyclic esters (lactones) is 1. The molecular weight excluding hydrogens is 424 g/mol. The lowest BCUT2D eigenvalue weighted by Gasteiger charge is -2.34. The fourth-order valence-electron chi connectivity index (χ4n) is 4.88. The number of rotatable bonds is 11. The van der Waals surface area contributed by atoms with E-state index in [1.807, 2.05) is 32.1 Å². The number of ether oxygens (including phenoxy) is 2. The van der Waals surface area contributed by atoms with Crippen LogP contribution in [0.1, 0.15) is 88.5 Å². The molecule has 1 heterocycles. The molecule has 1 atom stereocenters. The highest BCUT2D eigenvalue weighted by molar-refractivity contribution is 5.71. The molecule has 1 N–H and O–H groups in total. The quantitative estimate of drug-likeness (QED) is 0.374. The molecule has 0 bridgehead atoms. The van der Waals surface area contributed by atoms with Crippen LogP contribution in [0.3, 0.4) is 0 Å². The molecule has 0 radical (unpaired) electrons. The molecular formula is C30H40O4. The first kappa shape index (κ1) is 26.0. The van der Waals surface area contributed by atoms with Gasteiger partial charge in [0.05, 0.1) is 5.60 Å². The molecule has 0 unspecified atom stereocenters. The van der Waals surface area contributed by atoms with Crippen LogP contribution in [-0.4, -0.2) is 29.4 Å². The van der Waals surface area contributed by atoms with Crippen molar-refractivity contribution < 1.29 is 19.4 Å². The van der Waals surface area contributed by atoms with Gasteiger partial charge < -0.3 is 14.6 Å². The highest BCUT2D eigenvalue weighted by atomic mass is 16.6. The van der Waals surface area contributed by atoms with Gasteiger partial charge in [0.15, 0.2) is 0 Å². The van der Waals surface area contributed by atoms with E-state index in [0.717, 1.165) is 30.6 Å². The van der Waals surface area contributed by atoms with Crippen molar-refractivity contribution in [2.24, 2.45) is 0 Å². The monoisotopic (exact) mass is 464 g/mol. The molecule has 1 aliphatic heterocycles. The van der Waals surface area contributed by atoms with Gasteiger partial charge in [-0.25, -0.2) is 0 Å². The number of benzene rings is 2. The Balaban J connectivity index is 1.80. The first-order valence-corrected chi connectivity index (χ1v) is 12.7. The van der Waals surface area contributed by atoms with Crippen molar-refractivity contribution in [3.05, 3.63) is 70.8 Å². The number of esters is 1. The third kappa shape index (κ3) is 5.72. The van der Waals surface area contributed by atoms with Crippen LogP contribution < -0.4 is 4.74 Å². The lowest BCUT2D eigenvalue weighted by atomic mass is 9.70. The zero-order valence-corrected chi connectivity index (χ0v) is 21.4. The largest absolute Gasteiger partial charge is 0.490 e. The summed E-state index contributed by atoms with van der Waals surface area (Å²) in [6.45, 7) is 11.1. The van der Waals surface area contributed by atoms with Crippen LogP contribution in [0.15, 0.2) is 48.5 Å². The zero-order valence-electron chi connectivity index (χ0n) is 21.4. The molecule has 4 heteroatoms. The number of hydrogen-bond donors (Lipinski definition) is 1. The Morgan fingerprint density at radius 2 is 1.65 bits per heavy atom. The molecule has 0 spiro atoms. The van der Waals surface area contributed by atoms with E-state index >= 15 is 0 Å². The van der Waals surface area contributed by atoms with E-state index in [1.165, 1.54) is 16.7 Å². The van der Waals surface area contributed by atoms with Gasteiger partial charge in [-0.1, -0.05) is 70.2 Å². The zero-order chi connectivity index (χ0) is 24.8. The molecule has 0 aromatic heterocycles. The van der Waals surface area contributed by atoms with Gasteiger partial charge in [-0.15, -0.1) is 0 Å². The maximum Gasteiger partial charge on any atom is 0.306 e. The summed E-state index contributed by atoms with van der Waals surface area (Å²) in [4.78, 5) is 11.3. The van der Waals surface area contributed by atoms with Crippen molar-refractivity contribution in [3.63, 3.8) is 0 Å². The predicted octanol–water partition coefficient (Wildman–Crippen LogP) is 6.75. The smallest absolute Gasteiger partial charge is 0.306 e. The Bertz CT molecular complexity index is 981. The van der Waals surface area contributed by atoms with Crippen LogP contribution >= 0.6 is 0 Å². The number of aliphatic hydroxyl groups is 1. The highest BCUT2D eigenvalue weighted by Gasteiger charge is 2.31. The van der Waals surface area contributed by atoms with E-state index in [4.69, 9.17) is 9.47 Å². The van der Waals surface area contributed by atoms with Crippen molar-refractivity contribution in [2.75, 3.05) is 6.61 Å². The summed E-state index contributed by atoms with van der Waals surface area (Å²) in [5.41, 5.74) is 4.10. The Hall–Kier alpha value is -2.59. The van der Waals surface area contributed by atoms with Crippen LogP contribution in [0.4, 0.5) is 0 Å². The van der Waals surface area contributed by atoms with Crippen LogP contribution in [0.5, 0.6) is 5.75 Å². The first-order chi connectivity index (χ1) is 16.3. The van der Waals surface area contributed by atoms with E-state index in [-0.39, 0.29) is 17.5 Å². The average molecular weight is 465 g/mol. The molecule has 0 aliphatic carbocycles. The number of carbonyl (C=O) groups is 1. The topological polar surface area (TPSA) is 55.8 Å². The van der Waals surface area contributed by atoms with Gasteiger partial charge in [-0.05, 0) is 73.4 Å². The van der Waals surface area contributed by atoms with Crippen LogP contribution in [-0.2, 0) is 14.9 Å². The van der Waals surface area contributed by atoms with E-state index in [2.05, 4.69) is 57.2 Å². The van der Waals surface area contributed by atoms with Crippen molar-refractivity contribution in [2.45, 2.75) is 90.3 Å². The standard InChI is InChI=1S/C30H40O4/c1-6-29(32,7-2)19-18-23-10-11-25(20-22(23)5)30(8-3,9-4)24-12-14-26(15-13-24)33-21-27-16-17-28(31)34-27/h10-15,18-20,27,32H,6-9,16-17,21H2,1-5H3/t27-/m0/s1. The minimum absolute atomic E-state index is 0.0832. The SMILES string of the molecule is CCC(O)(C=Cc1ccc(C(CC)(CC)c2ccc(OC[C@@H]3CCC(=O)O3)cc2)cc1C)CC. The van der Waals surface area contributed by atoms with Gasteiger partial charge in [0.25, 0.3) is 0 Å². The summed E-state index contributed by atoms with van der Waals surface area (Å²) in [5.74, 6) is 0.659. The third-order valence-corrected chi connectivity index (χ3v) is 7.64. The molecule has 184 valence electrons. The first-order valence-electron chi connectivity index (χ1n) is 12.7. The Labute approximate surface area is 205 Å². The lowest BCUT2D eigenvalue weighted by Crippen LogP contribution is -2.26. The summed E-state index contributed by atoms with van der Waals surface area (Å²) in [6.07, 6.45) is 8.45. The van der Waals surface area contributed by atoms with Crippen molar-refractivity contribution >= 4 is 12.0 Å². The van der Waals surface area contributed by atoms with Crippen LogP contribution in [0.2, 0.25) is 0 Å². The van der Waals surface area contributed by atoms with Crippen molar-refractivity contribution in [1.82, 2.24) is 0 Å². The molecule has 0 amide bonds. The van der Waals surface area contributed by atoms with Gasteiger partial charge in [0, 0.05) is 11.8 Å². The van der Waals surface area contributed by atoms with E-state index in [9.17, 15) is 9.90 Å².